The minimum absolute atomic E-state index is 0.00663. The minimum Gasteiger partial charge on any atom is -0.374 e. The van der Waals surface area contributed by atoms with Gasteiger partial charge >= 0.3 is 0 Å². The molecule has 174 valence electrons. The average molecular weight is 455 g/mol. The van der Waals surface area contributed by atoms with Gasteiger partial charge in [-0.1, -0.05) is 90.5 Å². The fraction of sp³-hybridized carbons (Fsp3) is 0.276. The van der Waals surface area contributed by atoms with Crippen LogP contribution in [0.25, 0.3) is 0 Å². The van der Waals surface area contributed by atoms with E-state index in [1.54, 1.807) is 0 Å². The molecule has 5 nitrogen and oxygen atoms in total. The first kappa shape index (κ1) is 24.9. The Labute approximate surface area is 201 Å². The van der Waals surface area contributed by atoms with Crippen molar-refractivity contribution in [3.63, 3.8) is 0 Å². The van der Waals surface area contributed by atoms with E-state index < -0.39 is 12.0 Å². The number of nitriles is 1. The average Bonchev–Trinajstić information content (AvgIpc) is 2.84. The molecule has 0 radical (unpaired) electrons. The van der Waals surface area contributed by atoms with Crippen molar-refractivity contribution < 1.29 is 14.3 Å². The fourth-order valence-electron chi connectivity index (χ4n) is 3.82. The predicted molar refractivity (Wildman–Crippen MR) is 132 cm³/mol. The Balaban J connectivity index is 1.63. The van der Waals surface area contributed by atoms with Crippen LogP contribution in [0.3, 0.4) is 0 Å². The number of benzene rings is 3. The topological polar surface area (TPSA) is 79.2 Å². The predicted octanol–water partition coefficient (Wildman–Crippen LogP) is 4.58. The van der Waals surface area contributed by atoms with Crippen molar-refractivity contribution in [3.8, 4) is 6.07 Å². The van der Waals surface area contributed by atoms with Crippen LogP contribution in [0.2, 0.25) is 0 Å². The SMILES string of the molecule is Cc1cccc(C[C@H](CC(=O)Cc2ccccc2)C(=O)NC(C#N)COCc2ccccc2)c1. The number of amides is 1. The second-order valence-electron chi connectivity index (χ2n) is 8.49. The lowest BCUT2D eigenvalue weighted by Gasteiger charge is -2.19. The summed E-state index contributed by atoms with van der Waals surface area (Å²) in [5.74, 6) is -0.881. The van der Waals surface area contributed by atoms with Crippen LogP contribution in [0, 0.1) is 24.2 Å². The van der Waals surface area contributed by atoms with E-state index in [-0.39, 0.29) is 31.1 Å². The highest BCUT2D eigenvalue weighted by Crippen LogP contribution is 2.17. The molecule has 0 aromatic heterocycles. The van der Waals surface area contributed by atoms with Crippen LogP contribution in [0.4, 0.5) is 0 Å². The molecule has 3 aromatic rings. The third kappa shape index (κ3) is 8.31. The number of Topliss-reactive ketones (excluding diaryl/α,β-unsaturated/α-hetero) is 1. The Morgan fingerprint density at radius 1 is 0.912 bits per heavy atom. The van der Waals surface area contributed by atoms with E-state index in [2.05, 4.69) is 11.4 Å². The van der Waals surface area contributed by atoms with Crippen LogP contribution < -0.4 is 5.32 Å². The lowest BCUT2D eigenvalue weighted by molar-refractivity contribution is -0.129. The van der Waals surface area contributed by atoms with Crippen LogP contribution in [0.1, 0.15) is 28.7 Å². The van der Waals surface area contributed by atoms with Gasteiger partial charge < -0.3 is 10.1 Å². The zero-order valence-electron chi connectivity index (χ0n) is 19.4. The highest BCUT2D eigenvalue weighted by Gasteiger charge is 2.25. The zero-order chi connectivity index (χ0) is 24.2. The molecule has 34 heavy (non-hydrogen) atoms. The molecule has 0 heterocycles. The Morgan fingerprint density at radius 2 is 1.56 bits per heavy atom. The molecule has 0 saturated carbocycles. The monoisotopic (exact) mass is 454 g/mol. The van der Waals surface area contributed by atoms with Gasteiger partial charge in [-0.05, 0) is 30.0 Å². The number of ketones is 1. The first-order valence-electron chi connectivity index (χ1n) is 11.5. The number of hydrogen-bond donors (Lipinski definition) is 1. The Morgan fingerprint density at radius 3 is 2.21 bits per heavy atom. The van der Waals surface area contributed by atoms with Crippen LogP contribution in [-0.4, -0.2) is 24.3 Å². The first-order chi connectivity index (χ1) is 16.5. The molecule has 1 unspecified atom stereocenters. The van der Waals surface area contributed by atoms with Gasteiger partial charge in [0.2, 0.25) is 5.91 Å². The largest absolute Gasteiger partial charge is 0.374 e. The quantitative estimate of drug-likeness (QED) is 0.434. The number of hydrogen-bond acceptors (Lipinski definition) is 4. The van der Waals surface area contributed by atoms with Gasteiger partial charge in [-0.2, -0.15) is 5.26 Å². The minimum atomic E-state index is -0.791. The normalized spacial score (nSPS) is 12.4. The molecule has 0 spiro atoms. The molecule has 0 aliphatic rings. The molecular formula is C29H30N2O3. The first-order valence-corrected chi connectivity index (χ1v) is 11.5. The van der Waals surface area contributed by atoms with Crippen molar-refractivity contribution in [2.75, 3.05) is 6.61 Å². The maximum absolute atomic E-state index is 13.2. The fourth-order valence-corrected chi connectivity index (χ4v) is 3.82. The van der Waals surface area contributed by atoms with Gasteiger partial charge in [0.1, 0.15) is 11.8 Å². The lowest BCUT2D eigenvalue weighted by atomic mass is 9.91. The van der Waals surface area contributed by atoms with Crippen molar-refractivity contribution in [3.05, 3.63) is 107 Å². The summed E-state index contributed by atoms with van der Waals surface area (Å²) < 4.78 is 5.64. The van der Waals surface area contributed by atoms with Gasteiger partial charge in [-0.25, -0.2) is 0 Å². The van der Waals surface area contributed by atoms with Gasteiger partial charge in [0.05, 0.1) is 19.3 Å². The number of carbonyl (C=O) groups excluding carboxylic acids is 2. The summed E-state index contributed by atoms with van der Waals surface area (Å²) in [6, 6.07) is 28.4. The Hall–Kier alpha value is -3.75. The second kappa shape index (κ2) is 13.1. The summed E-state index contributed by atoms with van der Waals surface area (Å²) in [6.45, 7) is 2.43. The third-order valence-electron chi connectivity index (χ3n) is 5.52. The molecule has 3 aromatic carbocycles. The second-order valence-corrected chi connectivity index (χ2v) is 8.49. The standard InChI is InChI=1S/C29H30N2O3/c1-22-9-8-14-25(15-22)16-26(18-28(32)17-23-10-4-2-5-11-23)29(33)31-27(19-30)21-34-20-24-12-6-3-7-13-24/h2-15,26-27H,16-18,20-21H2,1H3,(H,31,33)/t26-,27?/m1/s1. The highest BCUT2D eigenvalue weighted by atomic mass is 16.5. The molecule has 0 aliphatic carbocycles. The van der Waals surface area contributed by atoms with E-state index in [1.165, 1.54) is 0 Å². The van der Waals surface area contributed by atoms with Gasteiger partial charge in [0.15, 0.2) is 0 Å². The maximum Gasteiger partial charge on any atom is 0.224 e. The van der Waals surface area contributed by atoms with E-state index >= 15 is 0 Å². The van der Waals surface area contributed by atoms with Gasteiger partial charge in [0, 0.05) is 18.8 Å². The number of carbonyl (C=O) groups is 2. The summed E-state index contributed by atoms with van der Waals surface area (Å²) in [5, 5.41) is 12.3. The summed E-state index contributed by atoms with van der Waals surface area (Å²) in [5.41, 5.74) is 4.00. The maximum atomic E-state index is 13.2. The number of nitrogens with zero attached hydrogens (tertiary/aromatic N) is 1. The Kier molecular flexibility index (Phi) is 9.57. The lowest BCUT2D eigenvalue weighted by Crippen LogP contribution is -2.42. The van der Waals surface area contributed by atoms with Crippen LogP contribution in [-0.2, 0) is 33.8 Å². The molecule has 0 fully saturated rings. The molecule has 0 saturated heterocycles. The molecule has 0 bridgehead atoms. The van der Waals surface area contributed by atoms with Crippen molar-refractivity contribution in [2.45, 2.75) is 38.8 Å². The number of ether oxygens (including phenoxy) is 1. The van der Waals surface area contributed by atoms with Crippen LogP contribution in [0.5, 0.6) is 0 Å². The molecule has 5 heteroatoms. The van der Waals surface area contributed by atoms with E-state index in [9.17, 15) is 14.9 Å². The van der Waals surface area contributed by atoms with E-state index in [4.69, 9.17) is 4.74 Å². The Bertz CT molecular complexity index is 1110. The molecule has 2 atom stereocenters. The smallest absolute Gasteiger partial charge is 0.224 e. The highest BCUT2D eigenvalue weighted by molar-refractivity contribution is 5.88. The van der Waals surface area contributed by atoms with E-state index in [1.807, 2.05) is 91.9 Å². The van der Waals surface area contributed by atoms with Crippen molar-refractivity contribution in [1.29, 1.82) is 5.26 Å². The molecule has 0 aliphatic heterocycles. The number of nitrogens with one attached hydrogen (secondary N) is 1. The van der Waals surface area contributed by atoms with Crippen LogP contribution in [0.15, 0.2) is 84.9 Å². The van der Waals surface area contributed by atoms with Gasteiger partial charge in [-0.15, -0.1) is 0 Å². The van der Waals surface area contributed by atoms with Gasteiger partial charge in [-0.3, -0.25) is 9.59 Å². The molecule has 1 N–H and O–H groups in total. The van der Waals surface area contributed by atoms with Crippen LogP contribution >= 0.6 is 0 Å². The third-order valence-corrected chi connectivity index (χ3v) is 5.52. The summed E-state index contributed by atoms with van der Waals surface area (Å²) in [4.78, 5) is 26.0. The number of aryl methyl sites for hydroxylation is 1. The summed E-state index contributed by atoms with van der Waals surface area (Å²) >= 11 is 0. The van der Waals surface area contributed by atoms with E-state index in [0.717, 1.165) is 22.3 Å². The van der Waals surface area contributed by atoms with E-state index in [0.29, 0.717) is 13.0 Å². The molecule has 1 amide bonds. The number of rotatable bonds is 12. The van der Waals surface area contributed by atoms with Gasteiger partial charge in [0.25, 0.3) is 0 Å². The summed E-state index contributed by atoms with van der Waals surface area (Å²) in [6.07, 6.45) is 0.815. The molecule has 3 rings (SSSR count). The summed E-state index contributed by atoms with van der Waals surface area (Å²) in [7, 11) is 0. The zero-order valence-corrected chi connectivity index (χ0v) is 19.4. The molecular weight excluding hydrogens is 424 g/mol. The van der Waals surface area contributed by atoms with Crippen molar-refractivity contribution in [1.82, 2.24) is 5.32 Å². The van der Waals surface area contributed by atoms with Crippen molar-refractivity contribution >= 4 is 11.7 Å². The van der Waals surface area contributed by atoms with Crippen molar-refractivity contribution in [2.24, 2.45) is 5.92 Å².